The van der Waals surface area contributed by atoms with Gasteiger partial charge in [-0.1, -0.05) is 24.6 Å². The minimum absolute atomic E-state index is 0. The van der Waals surface area contributed by atoms with Gasteiger partial charge < -0.3 is 10.3 Å². The van der Waals surface area contributed by atoms with Crippen LogP contribution in [0.1, 0.15) is 13.3 Å². The highest BCUT2D eigenvalue weighted by Gasteiger charge is 2.10. The summed E-state index contributed by atoms with van der Waals surface area (Å²) in [6, 6.07) is 0. The van der Waals surface area contributed by atoms with Gasteiger partial charge in [0.05, 0.1) is 12.9 Å². The monoisotopic (exact) mass is 283 g/mol. The molecule has 0 atom stereocenters. The molecule has 0 saturated carbocycles. The molecule has 2 heterocycles. The maximum absolute atomic E-state index is 5.85. The topological polar surface area (TPSA) is 69.6 Å². The number of thioether (sulfide) groups is 1. The van der Waals surface area contributed by atoms with Crippen LogP contribution >= 0.6 is 24.2 Å². The van der Waals surface area contributed by atoms with E-state index in [0.717, 1.165) is 12.2 Å². The van der Waals surface area contributed by atoms with E-state index < -0.39 is 0 Å². The lowest BCUT2D eigenvalue weighted by atomic mass is 10.5. The van der Waals surface area contributed by atoms with Crippen molar-refractivity contribution in [1.29, 1.82) is 0 Å². The van der Waals surface area contributed by atoms with E-state index in [9.17, 15) is 0 Å². The van der Waals surface area contributed by atoms with E-state index in [2.05, 4.69) is 27.8 Å². The minimum Gasteiger partial charge on any atom is -0.382 e. The second kappa shape index (κ2) is 6.47. The highest BCUT2D eigenvalue weighted by atomic mass is 35.5. The Hall–Kier alpha value is -1.45. The molecule has 2 N–H and O–H groups in total. The molecule has 0 aliphatic rings. The number of hydrogen-bond donors (Lipinski definition) is 1. The zero-order chi connectivity index (χ0) is 12.3. The average molecular weight is 284 g/mol. The summed E-state index contributed by atoms with van der Waals surface area (Å²) < 4.78 is 1.80. The van der Waals surface area contributed by atoms with Crippen LogP contribution in [-0.2, 0) is 6.54 Å². The molecule has 2 aromatic rings. The molecule has 0 unspecified atom stereocenters. The summed E-state index contributed by atoms with van der Waals surface area (Å²) >= 11 is 1.58. The highest BCUT2D eigenvalue weighted by Crippen LogP contribution is 2.21. The second-order valence-corrected chi connectivity index (χ2v) is 4.55. The largest absolute Gasteiger partial charge is 0.382 e. The van der Waals surface area contributed by atoms with Gasteiger partial charge in [-0.05, 0) is 6.42 Å². The van der Waals surface area contributed by atoms with E-state index in [-0.39, 0.29) is 12.4 Å². The molecular weight excluding hydrogens is 270 g/mol. The maximum atomic E-state index is 5.85. The van der Waals surface area contributed by atoms with Crippen molar-refractivity contribution in [3.63, 3.8) is 0 Å². The summed E-state index contributed by atoms with van der Waals surface area (Å²) in [5, 5.41) is 0.677. The summed E-state index contributed by atoms with van der Waals surface area (Å²) in [5.74, 6) is 3.93. The lowest BCUT2D eigenvalue weighted by Gasteiger charge is -2.02. The predicted octanol–water partition coefficient (Wildman–Crippen LogP) is 1.97. The highest BCUT2D eigenvalue weighted by molar-refractivity contribution is 7.99. The fourth-order valence-electron chi connectivity index (χ4n) is 1.42. The Morgan fingerprint density at radius 1 is 1.50 bits per heavy atom. The Labute approximate surface area is 116 Å². The van der Waals surface area contributed by atoms with E-state index in [1.165, 1.54) is 0 Å². The normalized spacial score (nSPS) is 10.0. The summed E-state index contributed by atoms with van der Waals surface area (Å²) in [6.45, 7) is 2.54. The van der Waals surface area contributed by atoms with Crippen molar-refractivity contribution in [2.75, 3.05) is 11.5 Å². The predicted molar refractivity (Wildman–Crippen MR) is 76.8 cm³/mol. The molecule has 2 rings (SSSR count). The lowest BCUT2D eigenvalue weighted by Crippen LogP contribution is -2.00. The van der Waals surface area contributed by atoms with Crippen molar-refractivity contribution >= 4 is 41.2 Å². The summed E-state index contributed by atoms with van der Waals surface area (Å²) in [4.78, 5) is 12.8. The molecule has 0 spiro atoms. The Bertz CT molecular complexity index is 575. The maximum Gasteiger partial charge on any atom is 0.191 e. The number of aromatic nitrogens is 4. The van der Waals surface area contributed by atoms with Crippen molar-refractivity contribution in [1.82, 2.24) is 19.5 Å². The van der Waals surface area contributed by atoms with Gasteiger partial charge in [0.2, 0.25) is 0 Å². The number of nitrogen functional groups attached to an aromatic ring is 1. The number of imidazole rings is 1. The molecule has 18 heavy (non-hydrogen) atoms. The minimum atomic E-state index is 0. The first-order valence-corrected chi connectivity index (χ1v) is 6.29. The van der Waals surface area contributed by atoms with Gasteiger partial charge in [-0.3, -0.25) is 0 Å². The molecule has 0 aliphatic carbocycles. The van der Waals surface area contributed by atoms with Crippen LogP contribution in [0.15, 0.2) is 11.5 Å². The van der Waals surface area contributed by atoms with Crippen molar-refractivity contribution < 1.29 is 0 Å². The molecule has 7 heteroatoms. The van der Waals surface area contributed by atoms with Gasteiger partial charge in [0.25, 0.3) is 0 Å². The lowest BCUT2D eigenvalue weighted by molar-refractivity contribution is 0.843. The molecule has 96 valence electrons. The molecule has 0 aliphatic heterocycles. The fraction of sp³-hybridized carbons (Fsp3) is 0.364. The van der Waals surface area contributed by atoms with Crippen LogP contribution in [-0.4, -0.2) is 25.3 Å². The van der Waals surface area contributed by atoms with Crippen LogP contribution in [0, 0.1) is 12.3 Å². The molecular formula is C11H14ClN5S. The molecule has 0 radical (unpaired) electrons. The third-order valence-corrected chi connectivity index (χ3v) is 3.22. The number of nitrogens with two attached hydrogens (primary N) is 1. The van der Waals surface area contributed by atoms with Gasteiger partial charge in [0.15, 0.2) is 16.6 Å². The van der Waals surface area contributed by atoms with Crippen molar-refractivity contribution in [3.05, 3.63) is 6.33 Å². The van der Waals surface area contributed by atoms with Gasteiger partial charge in [-0.2, -0.15) is 0 Å². The van der Waals surface area contributed by atoms with Crippen LogP contribution < -0.4 is 5.73 Å². The molecule has 0 aromatic carbocycles. The third-order valence-electron chi connectivity index (χ3n) is 2.17. The van der Waals surface area contributed by atoms with Crippen molar-refractivity contribution in [2.45, 2.75) is 25.0 Å². The van der Waals surface area contributed by atoms with Gasteiger partial charge in [0.1, 0.15) is 5.52 Å². The first kappa shape index (κ1) is 14.6. The Kier molecular flexibility index (Phi) is 5.25. The smallest absolute Gasteiger partial charge is 0.191 e. The number of terminal acetylenes is 1. The number of halogens is 1. The van der Waals surface area contributed by atoms with E-state index in [0.29, 0.717) is 28.7 Å². The van der Waals surface area contributed by atoms with E-state index >= 15 is 0 Å². The number of nitrogens with zero attached hydrogens (tertiary/aromatic N) is 4. The Morgan fingerprint density at radius 2 is 2.28 bits per heavy atom. The number of hydrogen-bond acceptors (Lipinski definition) is 5. The van der Waals surface area contributed by atoms with Crippen LogP contribution in [0.25, 0.3) is 11.2 Å². The first-order chi connectivity index (χ1) is 8.26. The average Bonchev–Trinajstić information content (AvgIpc) is 2.71. The summed E-state index contributed by atoms with van der Waals surface area (Å²) in [7, 11) is 0. The van der Waals surface area contributed by atoms with Crippen molar-refractivity contribution in [3.8, 4) is 12.3 Å². The van der Waals surface area contributed by atoms with Gasteiger partial charge >= 0.3 is 0 Å². The summed E-state index contributed by atoms with van der Waals surface area (Å²) in [5.41, 5.74) is 7.16. The van der Waals surface area contributed by atoms with Crippen LogP contribution in [0.3, 0.4) is 0 Å². The standard InChI is InChI=1S/C11H13N5S.ClH/c1-3-5-16-7-13-8-9(12)14-11(15-10(8)16)17-6-4-2;/h1,7H,4-6H2,2H3,(H2,12,14,15);1H. The number of fused-ring (bicyclic) bond motifs is 1. The first-order valence-electron chi connectivity index (χ1n) is 5.31. The summed E-state index contributed by atoms with van der Waals surface area (Å²) in [6.07, 6.45) is 8.00. The molecule has 5 nitrogen and oxygen atoms in total. The van der Waals surface area contributed by atoms with Gasteiger partial charge in [0, 0.05) is 5.75 Å². The van der Waals surface area contributed by atoms with Gasteiger partial charge in [-0.15, -0.1) is 18.8 Å². The molecule has 0 bridgehead atoms. The van der Waals surface area contributed by atoms with Gasteiger partial charge in [-0.25, -0.2) is 15.0 Å². The molecule has 0 fully saturated rings. The van der Waals surface area contributed by atoms with Crippen molar-refractivity contribution in [2.24, 2.45) is 0 Å². The quantitative estimate of drug-likeness (QED) is 0.528. The number of rotatable bonds is 4. The SMILES string of the molecule is C#CCn1cnc2c(N)nc(SCCC)nc21.Cl. The van der Waals surface area contributed by atoms with E-state index in [1.807, 2.05) is 0 Å². The Morgan fingerprint density at radius 3 is 2.94 bits per heavy atom. The molecule has 0 saturated heterocycles. The number of anilines is 1. The third kappa shape index (κ3) is 2.86. The molecule has 2 aromatic heterocycles. The Balaban J connectivity index is 0.00000162. The van der Waals surface area contributed by atoms with Crippen LogP contribution in [0.5, 0.6) is 0 Å². The van der Waals surface area contributed by atoms with Crippen LogP contribution in [0.4, 0.5) is 5.82 Å². The zero-order valence-electron chi connectivity index (χ0n) is 9.96. The molecule has 0 amide bonds. The van der Waals surface area contributed by atoms with Crippen LogP contribution in [0.2, 0.25) is 0 Å². The zero-order valence-corrected chi connectivity index (χ0v) is 11.6. The van der Waals surface area contributed by atoms with E-state index in [1.54, 1.807) is 22.7 Å². The second-order valence-electron chi connectivity index (χ2n) is 3.49. The van der Waals surface area contributed by atoms with E-state index in [4.69, 9.17) is 12.2 Å². The fourth-order valence-corrected chi connectivity index (χ4v) is 2.12.